The van der Waals surface area contributed by atoms with E-state index in [0.717, 1.165) is 11.1 Å². The molecule has 0 bridgehead atoms. The van der Waals surface area contributed by atoms with Crippen LogP contribution in [0.5, 0.6) is 0 Å². The van der Waals surface area contributed by atoms with Crippen molar-refractivity contribution in [2.45, 2.75) is 0 Å². The number of nitriles is 1. The maximum atomic E-state index is 8.76. The van der Waals surface area contributed by atoms with Gasteiger partial charge in [-0.1, -0.05) is 42.5 Å². The van der Waals surface area contributed by atoms with Crippen LogP contribution in [0.15, 0.2) is 54.6 Å². The molecule has 0 aromatic heterocycles. The molecular formula is C13H11Cl2N. The molecule has 1 nitrogen and oxygen atoms in total. The van der Waals surface area contributed by atoms with Crippen molar-refractivity contribution in [2.24, 2.45) is 0 Å². The molecule has 0 spiro atoms. The van der Waals surface area contributed by atoms with Gasteiger partial charge in [-0.15, -0.1) is 24.8 Å². The maximum Gasteiger partial charge on any atom is 0.0991 e. The van der Waals surface area contributed by atoms with Crippen LogP contribution in [0.25, 0.3) is 11.1 Å². The van der Waals surface area contributed by atoms with Crippen LogP contribution in [-0.2, 0) is 0 Å². The van der Waals surface area contributed by atoms with E-state index in [0.29, 0.717) is 5.56 Å². The fourth-order valence-electron chi connectivity index (χ4n) is 1.40. The van der Waals surface area contributed by atoms with E-state index in [-0.39, 0.29) is 24.8 Å². The molecule has 2 aromatic rings. The number of hydrogen-bond donors (Lipinski definition) is 0. The minimum Gasteiger partial charge on any atom is -0.192 e. The average Bonchev–Trinajstić information content (AvgIpc) is 2.30. The van der Waals surface area contributed by atoms with E-state index >= 15 is 0 Å². The van der Waals surface area contributed by atoms with Crippen LogP contribution in [0, 0.1) is 11.3 Å². The monoisotopic (exact) mass is 251 g/mol. The summed E-state index contributed by atoms with van der Waals surface area (Å²) >= 11 is 0. The van der Waals surface area contributed by atoms with E-state index in [4.69, 9.17) is 5.26 Å². The standard InChI is InChI=1S/C13H9N.2ClH/c14-10-11-5-4-8-13(9-11)12-6-2-1-3-7-12;;/h1-9H;2*1H. The fraction of sp³-hybridized carbons (Fsp3) is 0. The van der Waals surface area contributed by atoms with Gasteiger partial charge in [0, 0.05) is 0 Å². The maximum absolute atomic E-state index is 8.76. The first-order valence-corrected chi connectivity index (χ1v) is 4.46. The lowest BCUT2D eigenvalue weighted by molar-refractivity contribution is 1.48. The number of nitrogens with zero attached hydrogens (tertiary/aromatic N) is 1. The van der Waals surface area contributed by atoms with Crippen molar-refractivity contribution in [1.29, 1.82) is 5.26 Å². The number of hydrogen-bond acceptors (Lipinski definition) is 1. The number of benzene rings is 2. The first-order chi connectivity index (χ1) is 6.90. The zero-order chi connectivity index (χ0) is 9.80. The van der Waals surface area contributed by atoms with Gasteiger partial charge in [0.2, 0.25) is 0 Å². The zero-order valence-corrected chi connectivity index (χ0v) is 10.1. The molecule has 82 valence electrons. The van der Waals surface area contributed by atoms with Crippen molar-refractivity contribution in [3.05, 3.63) is 60.2 Å². The Hall–Kier alpha value is -1.49. The largest absolute Gasteiger partial charge is 0.192 e. The highest BCUT2D eigenvalue weighted by Crippen LogP contribution is 2.19. The van der Waals surface area contributed by atoms with Gasteiger partial charge >= 0.3 is 0 Å². The Balaban J connectivity index is 0.00000112. The molecule has 16 heavy (non-hydrogen) atoms. The predicted molar refractivity (Wildman–Crippen MR) is 71.1 cm³/mol. The summed E-state index contributed by atoms with van der Waals surface area (Å²) in [5, 5.41) is 8.76. The van der Waals surface area contributed by atoms with Crippen molar-refractivity contribution < 1.29 is 0 Å². The lowest BCUT2D eigenvalue weighted by Crippen LogP contribution is -1.78. The Kier molecular flexibility index (Phi) is 6.25. The molecule has 0 aliphatic heterocycles. The second kappa shape index (κ2) is 6.90. The van der Waals surface area contributed by atoms with Crippen molar-refractivity contribution in [3.8, 4) is 17.2 Å². The zero-order valence-electron chi connectivity index (χ0n) is 8.46. The molecule has 0 fully saturated rings. The second-order valence-electron chi connectivity index (χ2n) is 3.06. The summed E-state index contributed by atoms with van der Waals surface area (Å²) in [6.07, 6.45) is 0. The topological polar surface area (TPSA) is 23.8 Å². The smallest absolute Gasteiger partial charge is 0.0991 e. The van der Waals surface area contributed by atoms with Crippen molar-refractivity contribution in [1.82, 2.24) is 0 Å². The van der Waals surface area contributed by atoms with Gasteiger partial charge in [0.25, 0.3) is 0 Å². The summed E-state index contributed by atoms with van der Waals surface area (Å²) < 4.78 is 0. The van der Waals surface area contributed by atoms with Crippen LogP contribution in [-0.4, -0.2) is 0 Å². The summed E-state index contributed by atoms with van der Waals surface area (Å²) in [6, 6.07) is 19.8. The highest BCUT2D eigenvalue weighted by atomic mass is 35.5. The molecule has 3 heteroatoms. The minimum atomic E-state index is 0. The SMILES string of the molecule is Cl.Cl.N#Cc1cccc(-c2ccccc2)c1. The summed E-state index contributed by atoms with van der Waals surface area (Å²) in [6.45, 7) is 0. The molecule has 0 amide bonds. The summed E-state index contributed by atoms with van der Waals surface area (Å²) in [5.74, 6) is 0. The molecular weight excluding hydrogens is 241 g/mol. The Labute approximate surface area is 108 Å². The molecule has 2 rings (SSSR count). The third-order valence-corrected chi connectivity index (χ3v) is 2.10. The van der Waals surface area contributed by atoms with Crippen molar-refractivity contribution >= 4 is 24.8 Å². The molecule has 0 aliphatic rings. The van der Waals surface area contributed by atoms with Gasteiger partial charge in [0.15, 0.2) is 0 Å². The highest BCUT2D eigenvalue weighted by molar-refractivity contribution is 5.85. The van der Waals surface area contributed by atoms with E-state index in [9.17, 15) is 0 Å². The first kappa shape index (κ1) is 14.5. The molecule has 2 aromatic carbocycles. The van der Waals surface area contributed by atoms with Crippen LogP contribution < -0.4 is 0 Å². The molecule has 0 heterocycles. The molecule has 0 saturated heterocycles. The lowest BCUT2D eigenvalue weighted by atomic mass is 10.0. The van der Waals surface area contributed by atoms with E-state index < -0.39 is 0 Å². The van der Waals surface area contributed by atoms with Crippen molar-refractivity contribution in [3.63, 3.8) is 0 Å². The predicted octanol–water partition coefficient (Wildman–Crippen LogP) is 4.07. The van der Waals surface area contributed by atoms with Gasteiger partial charge in [-0.2, -0.15) is 5.26 Å². The van der Waals surface area contributed by atoms with Crippen LogP contribution in [0.2, 0.25) is 0 Å². The van der Waals surface area contributed by atoms with Crippen LogP contribution in [0.4, 0.5) is 0 Å². The molecule has 0 N–H and O–H groups in total. The van der Waals surface area contributed by atoms with Gasteiger partial charge in [-0.25, -0.2) is 0 Å². The lowest BCUT2D eigenvalue weighted by Gasteiger charge is -2.00. The van der Waals surface area contributed by atoms with Crippen molar-refractivity contribution in [2.75, 3.05) is 0 Å². The quantitative estimate of drug-likeness (QED) is 0.750. The number of rotatable bonds is 1. The molecule has 0 unspecified atom stereocenters. The van der Waals surface area contributed by atoms with Gasteiger partial charge in [0.05, 0.1) is 11.6 Å². The summed E-state index contributed by atoms with van der Waals surface area (Å²) in [5.41, 5.74) is 2.93. The minimum absolute atomic E-state index is 0. The van der Waals surface area contributed by atoms with E-state index in [1.807, 2.05) is 54.6 Å². The molecule has 0 aliphatic carbocycles. The average molecular weight is 252 g/mol. The highest BCUT2D eigenvalue weighted by Gasteiger charge is 1.96. The fourth-order valence-corrected chi connectivity index (χ4v) is 1.40. The van der Waals surface area contributed by atoms with Crippen LogP contribution in [0.1, 0.15) is 5.56 Å². The van der Waals surface area contributed by atoms with Crippen LogP contribution in [0.3, 0.4) is 0 Å². The van der Waals surface area contributed by atoms with Gasteiger partial charge in [-0.05, 0) is 23.3 Å². The Bertz CT molecular complexity index is 475. The van der Waals surface area contributed by atoms with E-state index in [1.165, 1.54) is 0 Å². The van der Waals surface area contributed by atoms with Crippen LogP contribution >= 0.6 is 24.8 Å². The summed E-state index contributed by atoms with van der Waals surface area (Å²) in [4.78, 5) is 0. The number of halogens is 2. The third kappa shape index (κ3) is 3.27. The van der Waals surface area contributed by atoms with Gasteiger partial charge < -0.3 is 0 Å². The Morgan fingerprint density at radius 2 is 1.38 bits per heavy atom. The van der Waals surface area contributed by atoms with Gasteiger partial charge in [0.1, 0.15) is 0 Å². The Morgan fingerprint density at radius 1 is 0.750 bits per heavy atom. The normalized spacial score (nSPS) is 8.19. The summed E-state index contributed by atoms with van der Waals surface area (Å²) in [7, 11) is 0. The van der Waals surface area contributed by atoms with Gasteiger partial charge in [-0.3, -0.25) is 0 Å². The Morgan fingerprint density at radius 3 is 2.00 bits per heavy atom. The van der Waals surface area contributed by atoms with E-state index in [1.54, 1.807) is 0 Å². The second-order valence-corrected chi connectivity index (χ2v) is 3.06. The molecule has 0 radical (unpaired) electrons. The molecule has 0 saturated carbocycles. The molecule has 0 atom stereocenters. The third-order valence-electron chi connectivity index (χ3n) is 2.10. The first-order valence-electron chi connectivity index (χ1n) is 4.46. The van der Waals surface area contributed by atoms with E-state index in [2.05, 4.69) is 6.07 Å².